The highest BCUT2D eigenvalue weighted by Gasteiger charge is 2.20. The Morgan fingerprint density at radius 1 is 0.852 bits per heavy atom. The summed E-state index contributed by atoms with van der Waals surface area (Å²) in [5.41, 5.74) is 3.85. The van der Waals surface area contributed by atoms with Crippen molar-refractivity contribution in [2.45, 2.75) is 20.0 Å². The highest BCUT2D eigenvalue weighted by atomic mass is 16.5. The molecule has 0 spiro atoms. The van der Waals surface area contributed by atoms with Gasteiger partial charge >= 0.3 is 5.97 Å². The Morgan fingerprint density at radius 3 is 2.22 bits per heavy atom. The molecular formula is C23H21NO3. The van der Waals surface area contributed by atoms with Crippen LogP contribution in [0.2, 0.25) is 0 Å². The molecule has 0 unspecified atom stereocenters. The van der Waals surface area contributed by atoms with E-state index in [9.17, 15) is 9.59 Å². The zero-order valence-corrected chi connectivity index (χ0v) is 15.3. The molecule has 0 heterocycles. The number of nitrogens with one attached hydrogen (secondary N) is 1. The second kappa shape index (κ2) is 8.32. The summed E-state index contributed by atoms with van der Waals surface area (Å²) in [4.78, 5) is 24.9. The van der Waals surface area contributed by atoms with Crippen LogP contribution in [0.4, 0.5) is 5.69 Å². The molecule has 3 aromatic rings. The summed E-state index contributed by atoms with van der Waals surface area (Å²) in [7, 11) is 0. The van der Waals surface area contributed by atoms with Crippen molar-refractivity contribution >= 4 is 17.6 Å². The van der Waals surface area contributed by atoms with Gasteiger partial charge in [0.05, 0.1) is 5.56 Å². The smallest absolute Gasteiger partial charge is 0.339 e. The average molecular weight is 359 g/mol. The summed E-state index contributed by atoms with van der Waals surface area (Å²) in [6, 6.07) is 24.5. The quantitative estimate of drug-likeness (QED) is 0.663. The molecule has 0 saturated carbocycles. The minimum atomic E-state index is -0.916. The van der Waals surface area contributed by atoms with Crippen LogP contribution in [-0.2, 0) is 9.53 Å². The first-order valence-corrected chi connectivity index (χ1v) is 8.78. The molecule has 0 bridgehead atoms. The third-order valence-electron chi connectivity index (χ3n) is 4.29. The number of hydrogen-bond donors (Lipinski definition) is 1. The molecule has 136 valence electrons. The molecule has 0 radical (unpaired) electrons. The Bertz CT molecular complexity index is 951. The highest BCUT2D eigenvalue weighted by molar-refractivity contribution is 6.00. The Balaban J connectivity index is 1.73. The number of rotatable bonds is 5. The van der Waals surface area contributed by atoms with Crippen LogP contribution in [0.5, 0.6) is 0 Å². The van der Waals surface area contributed by atoms with Crippen molar-refractivity contribution in [3.05, 3.63) is 90.0 Å². The zero-order valence-electron chi connectivity index (χ0n) is 15.3. The van der Waals surface area contributed by atoms with Gasteiger partial charge in [-0.25, -0.2) is 4.79 Å². The van der Waals surface area contributed by atoms with E-state index in [1.807, 2.05) is 73.7 Å². The Kier molecular flexibility index (Phi) is 5.67. The van der Waals surface area contributed by atoms with Crippen molar-refractivity contribution in [2.75, 3.05) is 5.32 Å². The number of benzene rings is 3. The fraction of sp³-hybridized carbons (Fsp3) is 0.130. The molecule has 4 nitrogen and oxygen atoms in total. The largest absolute Gasteiger partial charge is 0.449 e. The van der Waals surface area contributed by atoms with Gasteiger partial charge in [0.2, 0.25) is 0 Å². The number of esters is 1. The summed E-state index contributed by atoms with van der Waals surface area (Å²) >= 11 is 0. The first-order chi connectivity index (χ1) is 13.1. The molecule has 0 fully saturated rings. The van der Waals surface area contributed by atoms with Crippen LogP contribution in [0.3, 0.4) is 0 Å². The maximum Gasteiger partial charge on any atom is 0.339 e. The van der Waals surface area contributed by atoms with E-state index in [2.05, 4.69) is 5.32 Å². The van der Waals surface area contributed by atoms with Crippen LogP contribution >= 0.6 is 0 Å². The van der Waals surface area contributed by atoms with E-state index >= 15 is 0 Å². The summed E-state index contributed by atoms with van der Waals surface area (Å²) in [5.74, 6) is -0.882. The Labute approximate surface area is 158 Å². The van der Waals surface area contributed by atoms with Crippen molar-refractivity contribution in [3.8, 4) is 11.1 Å². The number of ether oxygens (including phenoxy) is 1. The van der Waals surface area contributed by atoms with Gasteiger partial charge in [-0.05, 0) is 37.1 Å². The van der Waals surface area contributed by atoms with Crippen LogP contribution in [0.1, 0.15) is 22.8 Å². The fourth-order valence-electron chi connectivity index (χ4n) is 2.78. The summed E-state index contributed by atoms with van der Waals surface area (Å²) in [5, 5.41) is 2.86. The van der Waals surface area contributed by atoms with Gasteiger partial charge in [-0.3, -0.25) is 4.79 Å². The van der Waals surface area contributed by atoms with Crippen LogP contribution < -0.4 is 5.32 Å². The van der Waals surface area contributed by atoms with Gasteiger partial charge in [-0.1, -0.05) is 66.7 Å². The van der Waals surface area contributed by atoms with E-state index in [0.717, 1.165) is 16.7 Å². The second-order valence-corrected chi connectivity index (χ2v) is 6.26. The molecular weight excluding hydrogens is 338 g/mol. The number of amides is 1. The lowest BCUT2D eigenvalue weighted by molar-refractivity contribution is -0.123. The molecule has 3 rings (SSSR count). The normalized spacial score (nSPS) is 11.5. The summed E-state index contributed by atoms with van der Waals surface area (Å²) < 4.78 is 5.35. The molecule has 1 N–H and O–H groups in total. The van der Waals surface area contributed by atoms with Crippen molar-refractivity contribution in [1.82, 2.24) is 0 Å². The van der Waals surface area contributed by atoms with Crippen molar-refractivity contribution in [3.63, 3.8) is 0 Å². The average Bonchev–Trinajstić information content (AvgIpc) is 2.69. The molecule has 0 aliphatic carbocycles. The van der Waals surface area contributed by atoms with Crippen LogP contribution in [0, 0.1) is 6.92 Å². The van der Waals surface area contributed by atoms with E-state index in [4.69, 9.17) is 4.74 Å². The number of anilines is 1. The molecule has 4 heteroatoms. The molecule has 1 amide bonds. The van der Waals surface area contributed by atoms with Crippen molar-refractivity contribution < 1.29 is 14.3 Å². The van der Waals surface area contributed by atoms with Gasteiger partial charge in [-0.15, -0.1) is 0 Å². The van der Waals surface area contributed by atoms with Crippen LogP contribution in [0.25, 0.3) is 11.1 Å². The predicted octanol–water partition coefficient (Wildman–Crippen LogP) is 4.85. The van der Waals surface area contributed by atoms with E-state index < -0.39 is 12.1 Å². The van der Waals surface area contributed by atoms with Gasteiger partial charge < -0.3 is 10.1 Å². The third-order valence-corrected chi connectivity index (χ3v) is 4.29. The lowest BCUT2D eigenvalue weighted by Crippen LogP contribution is -2.30. The maximum atomic E-state index is 12.6. The molecule has 27 heavy (non-hydrogen) atoms. The maximum absolute atomic E-state index is 12.6. The minimum absolute atomic E-state index is 0.375. The highest BCUT2D eigenvalue weighted by Crippen LogP contribution is 2.27. The lowest BCUT2D eigenvalue weighted by Gasteiger charge is -2.16. The number of aryl methyl sites for hydroxylation is 1. The summed E-state index contributed by atoms with van der Waals surface area (Å²) in [6.45, 7) is 3.40. The number of carbonyl (C=O) groups excluding carboxylic acids is 2. The predicted molar refractivity (Wildman–Crippen MR) is 107 cm³/mol. The third kappa shape index (κ3) is 4.42. The SMILES string of the molecule is Cc1ccccc1C(=O)O[C@H](C)C(=O)Nc1ccccc1-c1ccccc1. The number of para-hydroxylation sites is 1. The van der Waals surface area contributed by atoms with Gasteiger partial charge in [0, 0.05) is 11.3 Å². The molecule has 0 saturated heterocycles. The topological polar surface area (TPSA) is 55.4 Å². The second-order valence-electron chi connectivity index (χ2n) is 6.26. The van der Waals surface area contributed by atoms with Gasteiger partial charge in [0.15, 0.2) is 6.10 Å². The van der Waals surface area contributed by atoms with Crippen molar-refractivity contribution in [2.24, 2.45) is 0 Å². The Morgan fingerprint density at radius 2 is 1.48 bits per heavy atom. The van der Waals surface area contributed by atoms with Crippen molar-refractivity contribution in [1.29, 1.82) is 0 Å². The molecule has 0 aromatic heterocycles. The first kappa shape index (κ1) is 18.4. The van der Waals surface area contributed by atoms with Gasteiger partial charge in [0.25, 0.3) is 5.91 Å². The summed E-state index contributed by atoms with van der Waals surface area (Å²) in [6.07, 6.45) is -0.916. The standard InChI is InChI=1S/C23H21NO3/c1-16-10-6-7-13-19(16)23(26)27-17(2)22(25)24-21-15-9-8-14-20(21)18-11-4-3-5-12-18/h3-15,17H,1-2H3,(H,24,25)/t17-/m1/s1. The minimum Gasteiger partial charge on any atom is -0.449 e. The van der Waals surface area contributed by atoms with Gasteiger partial charge in [0.1, 0.15) is 0 Å². The lowest BCUT2D eigenvalue weighted by atomic mass is 10.0. The molecule has 3 aromatic carbocycles. The van der Waals surface area contributed by atoms with E-state index in [-0.39, 0.29) is 5.91 Å². The molecule has 0 aliphatic rings. The Hall–Kier alpha value is -3.40. The van der Waals surface area contributed by atoms with Gasteiger partial charge in [-0.2, -0.15) is 0 Å². The number of carbonyl (C=O) groups is 2. The van der Waals surface area contributed by atoms with E-state index in [1.165, 1.54) is 0 Å². The van der Waals surface area contributed by atoms with E-state index in [0.29, 0.717) is 11.3 Å². The molecule has 0 aliphatic heterocycles. The van der Waals surface area contributed by atoms with E-state index in [1.54, 1.807) is 19.1 Å². The number of hydrogen-bond acceptors (Lipinski definition) is 3. The monoisotopic (exact) mass is 359 g/mol. The van der Waals surface area contributed by atoms with Crippen LogP contribution in [0.15, 0.2) is 78.9 Å². The molecule has 1 atom stereocenters. The zero-order chi connectivity index (χ0) is 19.2. The first-order valence-electron chi connectivity index (χ1n) is 8.78. The fourth-order valence-corrected chi connectivity index (χ4v) is 2.78. The van der Waals surface area contributed by atoms with Crippen LogP contribution in [-0.4, -0.2) is 18.0 Å².